The molecule has 4 aromatic rings. The zero-order chi connectivity index (χ0) is 18.1. The molecule has 1 aliphatic rings. The molecule has 4 aromatic heterocycles. The van der Waals surface area contributed by atoms with Gasteiger partial charge in [-0.3, -0.25) is 9.55 Å². The first kappa shape index (κ1) is 16.1. The van der Waals surface area contributed by atoms with Crippen molar-refractivity contribution in [2.45, 2.75) is 38.1 Å². The Morgan fingerprint density at radius 3 is 2.81 bits per heavy atom. The van der Waals surface area contributed by atoms with Crippen LogP contribution in [0.4, 0.5) is 5.82 Å². The lowest BCUT2D eigenvalue weighted by atomic mass is 9.95. The van der Waals surface area contributed by atoms with Crippen molar-refractivity contribution in [3.8, 4) is 16.9 Å². The molecule has 5 rings (SSSR count). The highest BCUT2D eigenvalue weighted by Gasteiger charge is 2.15. The first-order chi connectivity index (χ1) is 13.4. The lowest BCUT2D eigenvalue weighted by molar-refractivity contribution is 0.462. The summed E-state index contributed by atoms with van der Waals surface area (Å²) in [7, 11) is 0. The zero-order valence-corrected chi connectivity index (χ0v) is 15.0. The van der Waals surface area contributed by atoms with Gasteiger partial charge >= 0.3 is 0 Å². The SMILES string of the molecule is c1cc(-n2cnc3ccc(NC4CCCCC4)nc32)cc(-c2ccoc2)n1. The molecule has 1 fully saturated rings. The Morgan fingerprint density at radius 1 is 1.04 bits per heavy atom. The van der Waals surface area contributed by atoms with Gasteiger partial charge in [-0.25, -0.2) is 9.97 Å². The van der Waals surface area contributed by atoms with E-state index in [-0.39, 0.29) is 0 Å². The predicted octanol–water partition coefficient (Wildman–Crippen LogP) is 4.82. The highest BCUT2D eigenvalue weighted by Crippen LogP contribution is 2.25. The zero-order valence-electron chi connectivity index (χ0n) is 15.0. The highest BCUT2D eigenvalue weighted by molar-refractivity contribution is 5.75. The minimum Gasteiger partial charge on any atom is -0.472 e. The molecule has 6 nitrogen and oxygen atoms in total. The van der Waals surface area contributed by atoms with Crippen LogP contribution in [0.5, 0.6) is 0 Å². The molecule has 0 radical (unpaired) electrons. The third kappa shape index (κ3) is 3.18. The summed E-state index contributed by atoms with van der Waals surface area (Å²) >= 11 is 0. The Kier molecular flexibility index (Phi) is 4.08. The van der Waals surface area contributed by atoms with E-state index in [0.717, 1.165) is 33.9 Å². The van der Waals surface area contributed by atoms with E-state index < -0.39 is 0 Å². The molecule has 0 spiro atoms. The number of nitrogens with zero attached hydrogens (tertiary/aromatic N) is 4. The van der Waals surface area contributed by atoms with E-state index in [1.165, 1.54) is 32.1 Å². The first-order valence-electron chi connectivity index (χ1n) is 9.46. The summed E-state index contributed by atoms with van der Waals surface area (Å²) in [5.41, 5.74) is 4.52. The summed E-state index contributed by atoms with van der Waals surface area (Å²) in [6.45, 7) is 0. The average Bonchev–Trinajstić information content (AvgIpc) is 3.39. The third-order valence-corrected chi connectivity index (χ3v) is 5.19. The van der Waals surface area contributed by atoms with Crippen molar-refractivity contribution in [1.29, 1.82) is 0 Å². The van der Waals surface area contributed by atoms with E-state index in [1.807, 2.05) is 41.2 Å². The van der Waals surface area contributed by atoms with Crippen LogP contribution in [0.2, 0.25) is 0 Å². The predicted molar refractivity (Wildman–Crippen MR) is 105 cm³/mol. The Morgan fingerprint density at radius 2 is 1.96 bits per heavy atom. The fourth-order valence-electron chi connectivity index (χ4n) is 3.76. The monoisotopic (exact) mass is 359 g/mol. The Balaban J connectivity index is 1.50. The third-order valence-electron chi connectivity index (χ3n) is 5.19. The largest absolute Gasteiger partial charge is 0.472 e. The van der Waals surface area contributed by atoms with Crippen molar-refractivity contribution >= 4 is 17.0 Å². The fraction of sp³-hybridized carbons (Fsp3) is 0.286. The summed E-state index contributed by atoms with van der Waals surface area (Å²) in [5, 5.41) is 3.60. The van der Waals surface area contributed by atoms with Crippen molar-refractivity contribution in [3.05, 3.63) is 55.4 Å². The molecular formula is C21H21N5O. The van der Waals surface area contributed by atoms with Gasteiger partial charge in [0.15, 0.2) is 5.65 Å². The quantitative estimate of drug-likeness (QED) is 0.566. The van der Waals surface area contributed by atoms with E-state index in [1.54, 1.807) is 18.7 Å². The van der Waals surface area contributed by atoms with E-state index in [0.29, 0.717) is 6.04 Å². The number of hydrogen-bond acceptors (Lipinski definition) is 5. The molecule has 0 saturated heterocycles. The van der Waals surface area contributed by atoms with E-state index in [2.05, 4.69) is 15.3 Å². The standard InChI is InChI=1S/C21H21N5O/c1-2-4-16(5-3-1)24-20-7-6-18-21(25-20)26(14-23-18)17-8-10-22-19(12-17)15-9-11-27-13-15/h6-14,16H,1-5H2,(H,24,25). The molecule has 0 unspecified atom stereocenters. The van der Waals surface area contributed by atoms with Crippen LogP contribution in [0.25, 0.3) is 28.1 Å². The van der Waals surface area contributed by atoms with Gasteiger partial charge in [0.1, 0.15) is 17.7 Å². The second-order valence-corrected chi connectivity index (χ2v) is 7.04. The van der Waals surface area contributed by atoms with Crippen molar-refractivity contribution in [2.75, 3.05) is 5.32 Å². The van der Waals surface area contributed by atoms with Gasteiger partial charge in [0.25, 0.3) is 0 Å². The first-order valence-corrected chi connectivity index (χ1v) is 9.46. The second kappa shape index (κ2) is 6.87. The molecule has 0 amide bonds. The molecule has 4 heterocycles. The maximum absolute atomic E-state index is 5.18. The number of aromatic nitrogens is 4. The molecule has 1 N–H and O–H groups in total. The average molecular weight is 359 g/mol. The number of fused-ring (bicyclic) bond motifs is 1. The van der Waals surface area contributed by atoms with Crippen LogP contribution >= 0.6 is 0 Å². The topological polar surface area (TPSA) is 68.8 Å². The Bertz CT molecular complexity index is 1050. The molecule has 1 saturated carbocycles. The maximum Gasteiger partial charge on any atom is 0.166 e. The summed E-state index contributed by atoms with van der Waals surface area (Å²) < 4.78 is 7.18. The second-order valence-electron chi connectivity index (χ2n) is 7.04. The molecule has 0 aliphatic heterocycles. The molecule has 0 atom stereocenters. The van der Waals surface area contributed by atoms with Crippen LogP contribution in [-0.2, 0) is 0 Å². The molecule has 27 heavy (non-hydrogen) atoms. The summed E-state index contributed by atoms with van der Waals surface area (Å²) in [6.07, 6.45) is 13.3. The molecule has 1 aliphatic carbocycles. The van der Waals surface area contributed by atoms with E-state index in [4.69, 9.17) is 9.40 Å². The van der Waals surface area contributed by atoms with Gasteiger partial charge in [-0.15, -0.1) is 0 Å². The lowest BCUT2D eigenvalue weighted by Gasteiger charge is -2.23. The van der Waals surface area contributed by atoms with Gasteiger partial charge in [-0.2, -0.15) is 0 Å². The lowest BCUT2D eigenvalue weighted by Crippen LogP contribution is -2.22. The number of hydrogen-bond donors (Lipinski definition) is 1. The fourth-order valence-corrected chi connectivity index (χ4v) is 3.76. The van der Waals surface area contributed by atoms with Gasteiger partial charge in [-0.05, 0) is 43.2 Å². The number of nitrogens with one attached hydrogen (secondary N) is 1. The minimum atomic E-state index is 0.522. The normalized spacial score (nSPS) is 15.3. The van der Waals surface area contributed by atoms with Crippen LogP contribution in [0.15, 0.2) is 59.8 Å². The van der Waals surface area contributed by atoms with Crippen molar-refractivity contribution in [1.82, 2.24) is 19.5 Å². The summed E-state index contributed by atoms with van der Waals surface area (Å²) in [5.74, 6) is 0.917. The van der Waals surface area contributed by atoms with Gasteiger partial charge in [0, 0.05) is 17.8 Å². The number of furan rings is 1. The number of pyridine rings is 2. The number of anilines is 1. The minimum absolute atomic E-state index is 0.522. The highest BCUT2D eigenvalue weighted by atomic mass is 16.3. The molecular weight excluding hydrogens is 338 g/mol. The smallest absolute Gasteiger partial charge is 0.166 e. The van der Waals surface area contributed by atoms with Crippen molar-refractivity contribution in [2.24, 2.45) is 0 Å². The van der Waals surface area contributed by atoms with Crippen LogP contribution in [0.1, 0.15) is 32.1 Å². The van der Waals surface area contributed by atoms with E-state index >= 15 is 0 Å². The van der Waals surface area contributed by atoms with Gasteiger partial charge in [0.2, 0.25) is 0 Å². The van der Waals surface area contributed by atoms with Crippen LogP contribution in [-0.4, -0.2) is 25.6 Å². The van der Waals surface area contributed by atoms with Gasteiger partial charge in [-0.1, -0.05) is 19.3 Å². The van der Waals surface area contributed by atoms with Crippen LogP contribution in [0.3, 0.4) is 0 Å². The molecule has 0 aromatic carbocycles. The number of imidazole rings is 1. The van der Waals surface area contributed by atoms with Gasteiger partial charge in [0.05, 0.1) is 23.9 Å². The van der Waals surface area contributed by atoms with Crippen LogP contribution in [0, 0.1) is 0 Å². The van der Waals surface area contributed by atoms with Crippen molar-refractivity contribution < 1.29 is 4.42 Å². The van der Waals surface area contributed by atoms with Crippen LogP contribution < -0.4 is 5.32 Å². The number of rotatable bonds is 4. The molecule has 6 heteroatoms. The summed E-state index contributed by atoms with van der Waals surface area (Å²) in [6, 6.07) is 10.5. The molecule has 136 valence electrons. The van der Waals surface area contributed by atoms with Gasteiger partial charge < -0.3 is 9.73 Å². The maximum atomic E-state index is 5.18. The summed E-state index contributed by atoms with van der Waals surface area (Å²) in [4.78, 5) is 13.8. The Labute approximate surface area is 157 Å². The Hall–Kier alpha value is -3.15. The van der Waals surface area contributed by atoms with E-state index in [9.17, 15) is 0 Å². The van der Waals surface area contributed by atoms with Crippen molar-refractivity contribution in [3.63, 3.8) is 0 Å². The molecule has 0 bridgehead atoms.